The Morgan fingerprint density at radius 1 is 1.35 bits per heavy atom. The normalized spacial score (nSPS) is 15.5. The SMILES string of the molecule is COc1ccc(C(C)C(=O)N(CC(=O)O)C2CC2)cc1. The zero-order chi connectivity index (χ0) is 14.7. The first kappa shape index (κ1) is 14.4. The summed E-state index contributed by atoms with van der Waals surface area (Å²) < 4.78 is 5.08. The lowest BCUT2D eigenvalue weighted by Crippen LogP contribution is -2.39. The minimum Gasteiger partial charge on any atom is -0.497 e. The third kappa shape index (κ3) is 3.29. The molecular weight excluding hydrogens is 258 g/mol. The van der Waals surface area contributed by atoms with E-state index in [4.69, 9.17) is 9.84 Å². The molecule has 5 heteroatoms. The topological polar surface area (TPSA) is 66.8 Å². The number of amides is 1. The zero-order valence-electron chi connectivity index (χ0n) is 11.7. The van der Waals surface area contributed by atoms with Crippen LogP contribution in [0.15, 0.2) is 24.3 Å². The summed E-state index contributed by atoms with van der Waals surface area (Å²) in [6.07, 6.45) is 1.79. The lowest BCUT2D eigenvalue weighted by atomic mass is 9.99. The van der Waals surface area contributed by atoms with E-state index < -0.39 is 5.97 Å². The van der Waals surface area contributed by atoms with Gasteiger partial charge in [0.05, 0.1) is 13.0 Å². The molecule has 1 aliphatic rings. The largest absolute Gasteiger partial charge is 0.497 e. The smallest absolute Gasteiger partial charge is 0.323 e. The number of benzene rings is 1. The van der Waals surface area contributed by atoms with Crippen LogP contribution in [0, 0.1) is 0 Å². The van der Waals surface area contributed by atoms with Gasteiger partial charge in [-0.05, 0) is 37.5 Å². The Morgan fingerprint density at radius 2 is 1.95 bits per heavy atom. The van der Waals surface area contributed by atoms with Crippen LogP contribution in [0.2, 0.25) is 0 Å². The first-order valence-corrected chi connectivity index (χ1v) is 6.69. The average molecular weight is 277 g/mol. The van der Waals surface area contributed by atoms with Crippen molar-refractivity contribution in [1.82, 2.24) is 4.90 Å². The minimum atomic E-state index is -0.966. The Hall–Kier alpha value is -2.04. The van der Waals surface area contributed by atoms with E-state index in [0.717, 1.165) is 24.2 Å². The number of carboxylic acid groups (broad SMARTS) is 1. The molecule has 5 nitrogen and oxygen atoms in total. The number of carbonyl (C=O) groups is 2. The van der Waals surface area contributed by atoms with Crippen LogP contribution in [-0.2, 0) is 9.59 Å². The number of hydrogen-bond donors (Lipinski definition) is 1. The first-order chi connectivity index (χ1) is 9.52. The number of carboxylic acids is 1. The Kier molecular flexibility index (Phi) is 4.27. The summed E-state index contributed by atoms with van der Waals surface area (Å²) in [5, 5.41) is 8.92. The first-order valence-electron chi connectivity index (χ1n) is 6.69. The van der Waals surface area contributed by atoms with Crippen LogP contribution in [0.3, 0.4) is 0 Å². The maximum Gasteiger partial charge on any atom is 0.323 e. The summed E-state index contributed by atoms with van der Waals surface area (Å²) in [4.78, 5) is 24.8. The van der Waals surface area contributed by atoms with Crippen molar-refractivity contribution in [2.24, 2.45) is 0 Å². The van der Waals surface area contributed by atoms with Gasteiger partial charge >= 0.3 is 5.97 Å². The second-order valence-electron chi connectivity index (χ2n) is 5.09. The average Bonchev–Trinajstić information content (AvgIpc) is 3.27. The Morgan fingerprint density at radius 3 is 2.40 bits per heavy atom. The van der Waals surface area contributed by atoms with E-state index in [0.29, 0.717) is 0 Å². The van der Waals surface area contributed by atoms with Crippen LogP contribution in [0.25, 0.3) is 0 Å². The summed E-state index contributed by atoms with van der Waals surface area (Å²) >= 11 is 0. The third-order valence-electron chi connectivity index (χ3n) is 3.56. The zero-order valence-corrected chi connectivity index (χ0v) is 11.7. The molecule has 1 amide bonds. The van der Waals surface area contributed by atoms with Gasteiger partial charge in [-0.1, -0.05) is 12.1 Å². The molecule has 0 bridgehead atoms. The number of methoxy groups -OCH3 is 1. The standard InChI is InChI=1S/C15H19NO4/c1-10(11-3-7-13(20-2)8-4-11)15(19)16(9-14(17)18)12-5-6-12/h3-4,7-8,10,12H,5-6,9H2,1-2H3,(H,17,18). The number of nitrogens with zero attached hydrogens (tertiary/aromatic N) is 1. The summed E-state index contributed by atoms with van der Waals surface area (Å²) in [5.41, 5.74) is 0.867. The van der Waals surface area contributed by atoms with Crippen LogP contribution in [0.5, 0.6) is 5.75 Å². The van der Waals surface area contributed by atoms with Crippen LogP contribution in [0.1, 0.15) is 31.2 Å². The number of carbonyl (C=O) groups excluding carboxylic acids is 1. The predicted octanol–water partition coefficient (Wildman–Crippen LogP) is 1.87. The molecule has 20 heavy (non-hydrogen) atoms. The second kappa shape index (κ2) is 5.94. The molecule has 108 valence electrons. The lowest BCUT2D eigenvalue weighted by molar-refractivity contribution is -0.145. The predicted molar refractivity (Wildman–Crippen MR) is 73.8 cm³/mol. The van der Waals surface area contributed by atoms with Crippen LogP contribution in [0.4, 0.5) is 0 Å². The fourth-order valence-electron chi connectivity index (χ4n) is 2.20. The van der Waals surface area contributed by atoms with Gasteiger partial charge in [-0.2, -0.15) is 0 Å². The highest BCUT2D eigenvalue weighted by atomic mass is 16.5. The van der Waals surface area contributed by atoms with Gasteiger partial charge in [0.25, 0.3) is 0 Å². The van der Waals surface area contributed by atoms with Crippen molar-refractivity contribution in [3.63, 3.8) is 0 Å². The van der Waals surface area contributed by atoms with Crippen molar-refractivity contribution in [1.29, 1.82) is 0 Å². The van der Waals surface area contributed by atoms with Gasteiger partial charge in [0.2, 0.25) is 5.91 Å². The Bertz CT molecular complexity index is 493. The molecule has 1 aromatic rings. The summed E-state index contributed by atoms with van der Waals surface area (Å²) in [7, 11) is 1.59. The monoisotopic (exact) mass is 277 g/mol. The van der Waals surface area contributed by atoms with Crippen LogP contribution in [-0.4, -0.2) is 41.6 Å². The molecule has 1 fully saturated rings. The molecule has 2 rings (SSSR count). The molecular formula is C15H19NO4. The number of aliphatic carboxylic acids is 1. The van der Waals surface area contributed by atoms with Crippen molar-refractivity contribution in [3.05, 3.63) is 29.8 Å². The highest BCUT2D eigenvalue weighted by molar-refractivity contribution is 5.87. The van der Waals surface area contributed by atoms with Crippen molar-refractivity contribution < 1.29 is 19.4 Å². The molecule has 1 atom stereocenters. The number of ether oxygens (including phenoxy) is 1. The Labute approximate surface area is 118 Å². The molecule has 0 saturated heterocycles. The van der Waals surface area contributed by atoms with Gasteiger partial charge in [-0.15, -0.1) is 0 Å². The summed E-state index contributed by atoms with van der Waals surface area (Å²) in [6.45, 7) is 1.59. The van der Waals surface area contributed by atoms with E-state index in [2.05, 4.69) is 0 Å². The number of rotatable bonds is 6. The molecule has 0 spiro atoms. The quantitative estimate of drug-likeness (QED) is 0.862. The highest BCUT2D eigenvalue weighted by Gasteiger charge is 2.36. The second-order valence-corrected chi connectivity index (χ2v) is 5.09. The van der Waals surface area contributed by atoms with Crippen molar-refractivity contribution in [3.8, 4) is 5.75 Å². The van der Waals surface area contributed by atoms with Gasteiger partial charge in [0.15, 0.2) is 0 Å². The molecule has 0 aliphatic heterocycles. The maximum atomic E-state index is 12.4. The van der Waals surface area contributed by atoms with Crippen LogP contribution < -0.4 is 4.74 Å². The van der Waals surface area contributed by atoms with E-state index in [1.165, 1.54) is 4.90 Å². The summed E-state index contributed by atoms with van der Waals surface area (Å²) in [6, 6.07) is 7.38. The van der Waals surface area contributed by atoms with E-state index in [1.807, 2.05) is 12.1 Å². The molecule has 1 aromatic carbocycles. The van der Waals surface area contributed by atoms with Crippen LogP contribution >= 0.6 is 0 Å². The summed E-state index contributed by atoms with van der Waals surface area (Å²) in [5.74, 6) is -0.703. The van der Waals surface area contributed by atoms with E-state index in [9.17, 15) is 9.59 Å². The van der Waals surface area contributed by atoms with Gasteiger partial charge in [-0.25, -0.2) is 0 Å². The molecule has 1 aliphatic carbocycles. The van der Waals surface area contributed by atoms with Gasteiger partial charge in [0.1, 0.15) is 12.3 Å². The van der Waals surface area contributed by atoms with Gasteiger partial charge in [0, 0.05) is 6.04 Å². The van der Waals surface area contributed by atoms with Crippen molar-refractivity contribution >= 4 is 11.9 Å². The maximum absolute atomic E-state index is 12.4. The lowest BCUT2D eigenvalue weighted by Gasteiger charge is -2.24. The molecule has 1 saturated carbocycles. The fourth-order valence-corrected chi connectivity index (χ4v) is 2.20. The van der Waals surface area contributed by atoms with Crippen molar-refractivity contribution in [2.75, 3.05) is 13.7 Å². The van der Waals surface area contributed by atoms with E-state index >= 15 is 0 Å². The third-order valence-corrected chi connectivity index (χ3v) is 3.56. The fraction of sp³-hybridized carbons (Fsp3) is 0.467. The molecule has 0 radical (unpaired) electrons. The molecule has 1 unspecified atom stereocenters. The van der Waals surface area contributed by atoms with E-state index in [-0.39, 0.29) is 24.4 Å². The molecule has 0 heterocycles. The van der Waals surface area contributed by atoms with E-state index in [1.54, 1.807) is 26.2 Å². The van der Waals surface area contributed by atoms with Crippen molar-refractivity contribution in [2.45, 2.75) is 31.7 Å². The van der Waals surface area contributed by atoms with Gasteiger partial charge in [-0.3, -0.25) is 9.59 Å². The molecule has 0 aromatic heterocycles. The number of hydrogen-bond acceptors (Lipinski definition) is 3. The Balaban J connectivity index is 2.10. The molecule has 1 N–H and O–H groups in total. The minimum absolute atomic E-state index is 0.0966. The highest BCUT2D eigenvalue weighted by Crippen LogP contribution is 2.30. The van der Waals surface area contributed by atoms with Gasteiger partial charge < -0.3 is 14.7 Å².